The molecule has 0 unspecified atom stereocenters. The summed E-state index contributed by atoms with van der Waals surface area (Å²) in [5, 5.41) is 21.5. The topological polar surface area (TPSA) is 119 Å². The Balaban J connectivity index is 1.78. The first-order valence-electron chi connectivity index (χ1n) is 9.96. The van der Waals surface area contributed by atoms with Crippen molar-refractivity contribution in [2.24, 2.45) is 5.92 Å². The average molecular weight is 468 g/mol. The number of rotatable bonds is 4. The first-order valence-corrected chi connectivity index (χ1v) is 10.3. The summed E-state index contributed by atoms with van der Waals surface area (Å²) in [6.45, 7) is -0.152. The molecular formula is C20H20ClF2N5O4. The van der Waals surface area contributed by atoms with E-state index in [0.717, 1.165) is 11.0 Å². The van der Waals surface area contributed by atoms with Crippen LogP contribution in [0.4, 0.5) is 31.0 Å². The number of aromatic nitrogens is 2. The standard InChI is InChI=1S/C20H20ClF2N5O4/c1-24-19-25-7-10-8-27(15-12(21)6-13(22)16(29)14(15)23)20(32)28(17(10)26-19)11-4-2-9(3-5-11)18(30)31/h6-7,9,11,29H,2-5,8H2,1H3,(H,30,31)(H,24,25,26). The Labute approximate surface area is 186 Å². The van der Waals surface area contributed by atoms with Crippen molar-refractivity contribution in [3.05, 3.63) is 34.5 Å². The lowest BCUT2D eigenvalue weighted by atomic mass is 9.85. The second kappa shape index (κ2) is 8.38. The number of benzene rings is 1. The normalized spacial score (nSPS) is 20.8. The average Bonchev–Trinajstić information content (AvgIpc) is 2.77. The van der Waals surface area contributed by atoms with Gasteiger partial charge in [-0.25, -0.2) is 18.6 Å². The van der Waals surface area contributed by atoms with E-state index in [-0.39, 0.29) is 17.5 Å². The summed E-state index contributed by atoms with van der Waals surface area (Å²) in [7, 11) is 1.62. The molecule has 1 aliphatic carbocycles. The van der Waals surface area contributed by atoms with Crippen LogP contribution < -0.4 is 15.1 Å². The van der Waals surface area contributed by atoms with Gasteiger partial charge in [-0.2, -0.15) is 4.98 Å². The number of fused-ring (bicyclic) bond motifs is 1. The number of hydrogen-bond acceptors (Lipinski definition) is 6. The van der Waals surface area contributed by atoms with Crippen molar-refractivity contribution in [3.8, 4) is 5.75 Å². The molecule has 32 heavy (non-hydrogen) atoms. The predicted octanol–water partition coefficient (Wildman–Crippen LogP) is 3.75. The van der Waals surface area contributed by atoms with Gasteiger partial charge in [0.1, 0.15) is 11.5 Å². The molecule has 2 heterocycles. The van der Waals surface area contributed by atoms with E-state index in [1.807, 2.05) is 0 Å². The van der Waals surface area contributed by atoms with E-state index < -0.39 is 47.0 Å². The number of carboxylic acids is 1. The van der Waals surface area contributed by atoms with Crippen LogP contribution in [-0.2, 0) is 11.3 Å². The SMILES string of the molecule is CNc1ncc2c(n1)N(C1CCC(C(=O)O)CC1)C(=O)N(c1c(Cl)cc(F)c(O)c1F)C2. The number of phenolic OH excluding ortho intramolecular Hbond substituents is 1. The van der Waals surface area contributed by atoms with Crippen LogP contribution in [0, 0.1) is 17.6 Å². The van der Waals surface area contributed by atoms with Gasteiger partial charge in [-0.3, -0.25) is 14.6 Å². The van der Waals surface area contributed by atoms with Gasteiger partial charge in [0.25, 0.3) is 0 Å². The van der Waals surface area contributed by atoms with E-state index in [0.29, 0.717) is 37.1 Å². The molecule has 9 nitrogen and oxygen atoms in total. The van der Waals surface area contributed by atoms with Gasteiger partial charge in [0.05, 0.1) is 17.5 Å². The minimum atomic E-state index is -1.35. The zero-order valence-electron chi connectivity index (χ0n) is 17.0. The largest absolute Gasteiger partial charge is 0.503 e. The number of carbonyl (C=O) groups excluding carboxylic acids is 1. The summed E-state index contributed by atoms with van der Waals surface area (Å²) in [5.41, 5.74) is 0.0337. The third kappa shape index (κ3) is 3.66. The zero-order chi connectivity index (χ0) is 23.2. The highest BCUT2D eigenvalue weighted by Crippen LogP contribution is 2.42. The summed E-state index contributed by atoms with van der Waals surface area (Å²) in [4.78, 5) is 35.8. The lowest BCUT2D eigenvalue weighted by Gasteiger charge is -2.42. The first-order chi connectivity index (χ1) is 15.2. The first kappa shape index (κ1) is 22.0. The number of urea groups is 1. The van der Waals surface area contributed by atoms with Gasteiger partial charge in [-0.05, 0) is 31.7 Å². The molecule has 2 aromatic rings. The van der Waals surface area contributed by atoms with Gasteiger partial charge in [-0.1, -0.05) is 11.6 Å². The summed E-state index contributed by atoms with van der Waals surface area (Å²) in [6.07, 6.45) is 3.03. The van der Waals surface area contributed by atoms with Crippen molar-refractivity contribution in [3.63, 3.8) is 0 Å². The molecule has 1 aromatic heterocycles. The fourth-order valence-corrected chi connectivity index (χ4v) is 4.48. The molecule has 2 amide bonds. The second-order valence-corrected chi connectivity index (χ2v) is 8.13. The predicted molar refractivity (Wildman–Crippen MR) is 112 cm³/mol. The van der Waals surface area contributed by atoms with E-state index >= 15 is 0 Å². The van der Waals surface area contributed by atoms with E-state index in [4.69, 9.17) is 11.6 Å². The highest BCUT2D eigenvalue weighted by atomic mass is 35.5. The molecule has 3 N–H and O–H groups in total. The molecule has 1 aromatic carbocycles. The Kier molecular flexibility index (Phi) is 5.76. The van der Waals surface area contributed by atoms with Gasteiger partial charge in [0, 0.05) is 24.8 Å². The molecule has 0 atom stereocenters. The maximum atomic E-state index is 14.8. The molecule has 170 valence electrons. The third-order valence-corrected chi connectivity index (χ3v) is 6.15. The van der Waals surface area contributed by atoms with Crippen molar-refractivity contribution in [2.75, 3.05) is 22.2 Å². The van der Waals surface area contributed by atoms with Crippen LogP contribution in [0.1, 0.15) is 31.2 Å². The minimum absolute atomic E-state index is 0.152. The Bertz CT molecular complexity index is 1090. The van der Waals surface area contributed by atoms with Crippen molar-refractivity contribution in [1.82, 2.24) is 9.97 Å². The molecule has 0 bridgehead atoms. The smallest absolute Gasteiger partial charge is 0.330 e. The van der Waals surface area contributed by atoms with Gasteiger partial charge in [0.2, 0.25) is 5.95 Å². The Morgan fingerprint density at radius 2 is 1.97 bits per heavy atom. The number of hydrogen-bond donors (Lipinski definition) is 3. The van der Waals surface area contributed by atoms with Gasteiger partial charge in [-0.15, -0.1) is 0 Å². The lowest BCUT2D eigenvalue weighted by Crippen LogP contribution is -2.53. The Morgan fingerprint density at radius 3 is 2.59 bits per heavy atom. The molecular weight excluding hydrogens is 448 g/mol. The van der Waals surface area contributed by atoms with Gasteiger partial charge >= 0.3 is 12.0 Å². The van der Waals surface area contributed by atoms with Crippen LogP contribution in [-0.4, -0.2) is 45.3 Å². The number of phenols is 1. The van der Waals surface area contributed by atoms with Crippen molar-refractivity contribution in [2.45, 2.75) is 38.3 Å². The monoisotopic (exact) mass is 467 g/mol. The van der Waals surface area contributed by atoms with Crippen molar-refractivity contribution >= 4 is 41.1 Å². The maximum Gasteiger partial charge on any atom is 0.330 e. The zero-order valence-corrected chi connectivity index (χ0v) is 17.7. The number of aliphatic carboxylic acids is 1. The number of amides is 2. The van der Waals surface area contributed by atoms with Gasteiger partial charge < -0.3 is 15.5 Å². The second-order valence-electron chi connectivity index (χ2n) is 7.73. The van der Waals surface area contributed by atoms with E-state index in [9.17, 15) is 28.6 Å². The fraction of sp³-hybridized carbons (Fsp3) is 0.400. The number of anilines is 3. The highest BCUT2D eigenvalue weighted by Gasteiger charge is 2.41. The molecule has 2 aliphatic rings. The lowest BCUT2D eigenvalue weighted by molar-refractivity contribution is -0.142. The van der Waals surface area contributed by atoms with Crippen LogP contribution in [0.15, 0.2) is 12.3 Å². The number of carbonyl (C=O) groups is 2. The molecule has 1 fully saturated rings. The molecule has 4 rings (SSSR count). The molecule has 0 saturated heterocycles. The van der Waals surface area contributed by atoms with Crippen LogP contribution in [0.2, 0.25) is 5.02 Å². The Morgan fingerprint density at radius 1 is 1.28 bits per heavy atom. The van der Waals surface area contributed by atoms with Crippen LogP contribution in [0.25, 0.3) is 0 Å². The number of carboxylic acid groups (broad SMARTS) is 1. The highest BCUT2D eigenvalue weighted by molar-refractivity contribution is 6.34. The minimum Gasteiger partial charge on any atom is -0.503 e. The Hall–Kier alpha value is -3.21. The number of nitrogens with zero attached hydrogens (tertiary/aromatic N) is 4. The van der Waals surface area contributed by atoms with Gasteiger partial charge in [0.15, 0.2) is 17.4 Å². The third-order valence-electron chi connectivity index (χ3n) is 5.86. The summed E-state index contributed by atoms with van der Waals surface area (Å²) < 4.78 is 28.5. The maximum absolute atomic E-state index is 14.8. The van der Waals surface area contributed by atoms with Crippen LogP contribution in [0.3, 0.4) is 0 Å². The summed E-state index contributed by atoms with van der Waals surface area (Å²) in [5.74, 6) is -4.61. The van der Waals surface area contributed by atoms with E-state index in [1.165, 1.54) is 11.1 Å². The molecule has 0 radical (unpaired) electrons. The van der Waals surface area contributed by atoms with E-state index in [1.54, 1.807) is 7.05 Å². The fourth-order valence-electron chi connectivity index (χ4n) is 4.20. The number of nitrogens with one attached hydrogen (secondary N) is 1. The van der Waals surface area contributed by atoms with Crippen molar-refractivity contribution < 1.29 is 28.6 Å². The molecule has 1 saturated carbocycles. The molecule has 12 heteroatoms. The summed E-state index contributed by atoms with van der Waals surface area (Å²) in [6, 6.07) is -0.319. The molecule has 1 aliphatic heterocycles. The quantitative estimate of drug-likeness (QED) is 0.626. The summed E-state index contributed by atoms with van der Waals surface area (Å²) >= 11 is 6.06. The van der Waals surface area contributed by atoms with Crippen molar-refractivity contribution in [1.29, 1.82) is 0 Å². The number of aromatic hydroxyl groups is 1. The van der Waals surface area contributed by atoms with Crippen LogP contribution >= 0.6 is 11.6 Å². The number of halogens is 3. The molecule has 0 spiro atoms. The van der Waals surface area contributed by atoms with Crippen LogP contribution in [0.5, 0.6) is 5.75 Å². The van der Waals surface area contributed by atoms with E-state index in [2.05, 4.69) is 15.3 Å².